The van der Waals surface area contributed by atoms with Crippen LogP contribution < -0.4 is 9.47 Å². The molecule has 108 valence electrons. The van der Waals surface area contributed by atoms with Gasteiger partial charge in [-0.25, -0.2) is 0 Å². The van der Waals surface area contributed by atoms with Gasteiger partial charge in [0.25, 0.3) is 0 Å². The Labute approximate surface area is 132 Å². The Morgan fingerprint density at radius 3 is 2.71 bits per heavy atom. The number of methoxy groups -OCH3 is 1. The highest BCUT2D eigenvalue weighted by atomic mass is 35.5. The van der Waals surface area contributed by atoms with Crippen molar-refractivity contribution in [1.82, 2.24) is 0 Å². The summed E-state index contributed by atoms with van der Waals surface area (Å²) in [7, 11) is 1.50. The van der Waals surface area contributed by atoms with Crippen LogP contribution in [0.3, 0.4) is 0 Å². The Morgan fingerprint density at radius 1 is 1.14 bits per heavy atom. The monoisotopic (exact) mass is 322 g/mol. The maximum Gasteiger partial charge on any atom is 0.200 e. The van der Waals surface area contributed by atoms with Crippen LogP contribution >= 0.6 is 23.2 Å². The average Bonchev–Trinajstić information content (AvgIpc) is 2.93. The van der Waals surface area contributed by atoms with Gasteiger partial charge in [0.1, 0.15) is 11.5 Å². The van der Waals surface area contributed by atoms with Crippen LogP contribution in [-0.4, -0.2) is 19.5 Å². The molecule has 0 saturated heterocycles. The second kappa shape index (κ2) is 5.58. The molecule has 0 bridgehead atoms. The lowest BCUT2D eigenvalue weighted by Gasteiger charge is -2.11. The summed E-state index contributed by atoms with van der Waals surface area (Å²) < 4.78 is 10.8. The lowest BCUT2D eigenvalue weighted by atomic mass is 9.99. The fraction of sp³-hybridized carbons (Fsp3) is 0.188. The zero-order chi connectivity index (χ0) is 15.0. The average molecular weight is 323 g/mol. The van der Waals surface area contributed by atoms with Crippen LogP contribution in [0.15, 0.2) is 30.3 Å². The Hall–Kier alpha value is -1.71. The molecule has 0 radical (unpaired) electrons. The van der Waals surface area contributed by atoms with Crippen molar-refractivity contribution < 1.29 is 14.3 Å². The molecule has 2 aromatic carbocycles. The van der Waals surface area contributed by atoms with Gasteiger partial charge in [-0.15, -0.1) is 0 Å². The van der Waals surface area contributed by atoms with Crippen molar-refractivity contribution in [3.8, 4) is 11.5 Å². The number of benzene rings is 2. The highest BCUT2D eigenvalue weighted by molar-refractivity contribution is 6.32. The van der Waals surface area contributed by atoms with Crippen molar-refractivity contribution in [2.75, 3.05) is 13.7 Å². The van der Waals surface area contributed by atoms with Crippen molar-refractivity contribution in [3.63, 3.8) is 0 Å². The van der Waals surface area contributed by atoms with Crippen LogP contribution in [0.4, 0.5) is 0 Å². The SMILES string of the molecule is COc1cc(Cl)ccc1C(=O)c1cc(Cl)cc2c1OCC2. The van der Waals surface area contributed by atoms with Gasteiger partial charge < -0.3 is 9.47 Å². The maximum atomic E-state index is 12.8. The first-order valence-corrected chi connectivity index (χ1v) is 7.19. The number of hydrogen-bond acceptors (Lipinski definition) is 3. The third-order valence-electron chi connectivity index (χ3n) is 3.40. The second-order valence-electron chi connectivity index (χ2n) is 4.71. The summed E-state index contributed by atoms with van der Waals surface area (Å²) in [5.74, 6) is 0.852. The Bertz CT molecular complexity index is 726. The molecule has 1 aliphatic heterocycles. The zero-order valence-electron chi connectivity index (χ0n) is 11.3. The van der Waals surface area contributed by atoms with Crippen molar-refractivity contribution in [2.45, 2.75) is 6.42 Å². The van der Waals surface area contributed by atoms with E-state index >= 15 is 0 Å². The van der Waals surface area contributed by atoms with Crippen LogP contribution in [0.1, 0.15) is 21.5 Å². The molecule has 2 aromatic rings. The molecule has 3 nitrogen and oxygen atoms in total. The smallest absolute Gasteiger partial charge is 0.200 e. The molecule has 0 aromatic heterocycles. The standard InChI is InChI=1S/C16H12Cl2O3/c1-20-14-8-10(17)2-3-12(14)15(19)13-7-11(18)6-9-4-5-21-16(9)13/h2-3,6-8H,4-5H2,1H3. The van der Waals surface area contributed by atoms with Gasteiger partial charge in [-0.2, -0.15) is 0 Å². The van der Waals surface area contributed by atoms with E-state index in [2.05, 4.69) is 0 Å². The number of halogens is 2. The summed E-state index contributed by atoms with van der Waals surface area (Å²) in [6, 6.07) is 8.37. The molecule has 0 saturated carbocycles. The summed E-state index contributed by atoms with van der Waals surface area (Å²) in [6.07, 6.45) is 0.758. The van der Waals surface area contributed by atoms with Gasteiger partial charge in [0.05, 0.1) is 24.8 Å². The fourth-order valence-electron chi connectivity index (χ4n) is 2.44. The van der Waals surface area contributed by atoms with Gasteiger partial charge in [0.15, 0.2) is 0 Å². The Balaban J connectivity index is 2.12. The van der Waals surface area contributed by atoms with E-state index in [4.69, 9.17) is 32.7 Å². The fourth-order valence-corrected chi connectivity index (χ4v) is 2.84. The summed E-state index contributed by atoms with van der Waals surface area (Å²) in [5.41, 5.74) is 1.84. The van der Waals surface area contributed by atoms with E-state index in [0.717, 1.165) is 12.0 Å². The topological polar surface area (TPSA) is 35.5 Å². The predicted octanol–water partition coefficient (Wildman–Crippen LogP) is 4.17. The number of ketones is 1. The molecular weight excluding hydrogens is 311 g/mol. The molecule has 0 atom stereocenters. The molecule has 0 unspecified atom stereocenters. The normalized spacial score (nSPS) is 12.7. The van der Waals surface area contributed by atoms with Crippen LogP contribution in [0, 0.1) is 0 Å². The minimum atomic E-state index is -0.191. The summed E-state index contributed by atoms with van der Waals surface area (Å²) in [4.78, 5) is 12.8. The highest BCUT2D eigenvalue weighted by Gasteiger charge is 2.24. The van der Waals surface area contributed by atoms with E-state index in [1.54, 1.807) is 24.3 Å². The first-order chi connectivity index (χ1) is 10.1. The molecule has 1 heterocycles. The van der Waals surface area contributed by atoms with E-state index < -0.39 is 0 Å². The quantitative estimate of drug-likeness (QED) is 0.796. The number of carbonyl (C=O) groups is 1. The summed E-state index contributed by atoms with van der Waals surface area (Å²) in [5, 5.41) is 1.03. The van der Waals surface area contributed by atoms with E-state index in [0.29, 0.717) is 39.3 Å². The third-order valence-corrected chi connectivity index (χ3v) is 3.85. The van der Waals surface area contributed by atoms with Crippen LogP contribution in [0.5, 0.6) is 11.5 Å². The third kappa shape index (κ3) is 2.59. The van der Waals surface area contributed by atoms with E-state index in [1.165, 1.54) is 7.11 Å². The Morgan fingerprint density at radius 2 is 1.95 bits per heavy atom. The molecule has 0 fully saturated rings. The number of rotatable bonds is 3. The molecule has 5 heteroatoms. The number of carbonyl (C=O) groups excluding carboxylic acids is 1. The van der Waals surface area contributed by atoms with Gasteiger partial charge in [0, 0.05) is 16.5 Å². The van der Waals surface area contributed by atoms with E-state index in [1.807, 2.05) is 6.07 Å². The molecule has 21 heavy (non-hydrogen) atoms. The van der Waals surface area contributed by atoms with Gasteiger partial charge in [-0.1, -0.05) is 23.2 Å². The van der Waals surface area contributed by atoms with Crippen molar-refractivity contribution in [1.29, 1.82) is 0 Å². The summed E-state index contributed by atoms with van der Waals surface area (Å²) >= 11 is 12.0. The van der Waals surface area contributed by atoms with Gasteiger partial charge in [0.2, 0.25) is 5.78 Å². The largest absolute Gasteiger partial charge is 0.496 e. The van der Waals surface area contributed by atoms with Crippen LogP contribution in [0.25, 0.3) is 0 Å². The predicted molar refractivity (Wildman–Crippen MR) is 82.1 cm³/mol. The molecule has 0 aliphatic carbocycles. The molecule has 0 amide bonds. The molecule has 3 rings (SSSR count). The summed E-state index contributed by atoms with van der Waals surface area (Å²) in [6.45, 7) is 0.563. The maximum absolute atomic E-state index is 12.8. The van der Waals surface area contributed by atoms with E-state index in [-0.39, 0.29) is 5.78 Å². The first-order valence-electron chi connectivity index (χ1n) is 6.43. The Kier molecular flexibility index (Phi) is 3.79. The van der Waals surface area contributed by atoms with Gasteiger partial charge >= 0.3 is 0 Å². The van der Waals surface area contributed by atoms with Crippen molar-refractivity contribution >= 4 is 29.0 Å². The van der Waals surface area contributed by atoms with Crippen LogP contribution in [-0.2, 0) is 6.42 Å². The minimum absolute atomic E-state index is 0.191. The lowest BCUT2D eigenvalue weighted by molar-refractivity contribution is 0.103. The number of fused-ring (bicyclic) bond motifs is 1. The van der Waals surface area contributed by atoms with Gasteiger partial charge in [-0.3, -0.25) is 4.79 Å². The lowest BCUT2D eigenvalue weighted by Crippen LogP contribution is -2.06. The van der Waals surface area contributed by atoms with E-state index in [9.17, 15) is 4.79 Å². The first kappa shape index (κ1) is 14.2. The molecular formula is C16H12Cl2O3. The molecule has 0 N–H and O–H groups in total. The molecule has 0 spiro atoms. The molecule has 1 aliphatic rings. The number of hydrogen-bond donors (Lipinski definition) is 0. The van der Waals surface area contributed by atoms with Crippen molar-refractivity contribution in [2.24, 2.45) is 0 Å². The second-order valence-corrected chi connectivity index (χ2v) is 5.59. The van der Waals surface area contributed by atoms with Crippen molar-refractivity contribution in [3.05, 3.63) is 57.1 Å². The highest BCUT2D eigenvalue weighted by Crippen LogP contribution is 2.36. The van der Waals surface area contributed by atoms with Gasteiger partial charge in [-0.05, 0) is 35.9 Å². The van der Waals surface area contributed by atoms with Crippen LogP contribution in [0.2, 0.25) is 10.0 Å². The minimum Gasteiger partial charge on any atom is -0.496 e. The number of ether oxygens (including phenoxy) is 2. The zero-order valence-corrected chi connectivity index (χ0v) is 12.8.